The summed E-state index contributed by atoms with van der Waals surface area (Å²) < 4.78 is 77.3. The molecular formula is C13H14F6N2. The zero-order valence-electron chi connectivity index (χ0n) is 10.9. The van der Waals surface area contributed by atoms with Gasteiger partial charge in [-0.3, -0.25) is 0 Å². The molecule has 0 saturated carbocycles. The Hall–Kier alpha value is -1.44. The topological polar surface area (TPSA) is 15.3 Å². The van der Waals surface area contributed by atoms with Gasteiger partial charge in [-0.15, -0.1) is 0 Å². The molecule has 8 heteroatoms. The first-order chi connectivity index (χ1) is 9.69. The lowest BCUT2D eigenvalue weighted by molar-refractivity contribution is -0.147. The van der Waals surface area contributed by atoms with Gasteiger partial charge in [-0.2, -0.15) is 26.3 Å². The fourth-order valence-electron chi connectivity index (χ4n) is 2.34. The molecular weight excluding hydrogens is 298 g/mol. The van der Waals surface area contributed by atoms with Gasteiger partial charge >= 0.3 is 12.4 Å². The summed E-state index contributed by atoms with van der Waals surface area (Å²) >= 11 is 0. The van der Waals surface area contributed by atoms with E-state index >= 15 is 0 Å². The van der Waals surface area contributed by atoms with E-state index in [2.05, 4.69) is 5.32 Å². The number of nitrogens with one attached hydrogen (secondary N) is 1. The average Bonchev–Trinajstić information content (AvgIpc) is 2.63. The Morgan fingerprint density at radius 1 is 1.10 bits per heavy atom. The summed E-state index contributed by atoms with van der Waals surface area (Å²) in [6, 6.07) is 2.19. The van der Waals surface area contributed by atoms with Gasteiger partial charge in [0.05, 0.1) is 5.56 Å². The lowest BCUT2D eigenvalue weighted by Crippen LogP contribution is -2.50. The molecule has 1 aromatic rings. The lowest BCUT2D eigenvalue weighted by Gasteiger charge is -2.33. The molecule has 1 N–H and O–H groups in total. The molecule has 0 amide bonds. The molecule has 1 aromatic carbocycles. The number of halogens is 6. The van der Waals surface area contributed by atoms with Crippen molar-refractivity contribution in [2.24, 2.45) is 0 Å². The normalized spacial score (nSPS) is 21.2. The molecule has 2 rings (SSSR count). The van der Waals surface area contributed by atoms with Crippen molar-refractivity contribution >= 4 is 5.69 Å². The van der Waals surface area contributed by atoms with E-state index in [1.165, 1.54) is 6.07 Å². The highest BCUT2D eigenvalue weighted by molar-refractivity contribution is 5.51. The SMILES string of the molecule is FC(F)(F)c1cccc(N2CCCNCC2C(F)(F)F)c1. The smallest absolute Gasteiger partial charge is 0.359 e. The van der Waals surface area contributed by atoms with Crippen LogP contribution in [0.4, 0.5) is 32.0 Å². The Balaban J connectivity index is 2.37. The van der Waals surface area contributed by atoms with Gasteiger partial charge in [-0.25, -0.2) is 0 Å². The summed E-state index contributed by atoms with van der Waals surface area (Å²) in [5.41, 5.74) is -1.01. The number of rotatable bonds is 1. The molecule has 1 fully saturated rings. The van der Waals surface area contributed by atoms with Gasteiger partial charge in [0.2, 0.25) is 0 Å². The number of alkyl halides is 6. The largest absolute Gasteiger partial charge is 0.416 e. The maximum absolute atomic E-state index is 13.1. The summed E-state index contributed by atoms with van der Waals surface area (Å²) in [7, 11) is 0. The van der Waals surface area contributed by atoms with Gasteiger partial charge in [-0.1, -0.05) is 6.07 Å². The predicted octanol–water partition coefficient (Wildman–Crippen LogP) is 3.44. The van der Waals surface area contributed by atoms with E-state index in [1.807, 2.05) is 0 Å². The van der Waals surface area contributed by atoms with Gasteiger partial charge in [0.15, 0.2) is 0 Å². The van der Waals surface area contributed by atoms with Gasteiger partial charge < -0.3 is 10.2 Å². The Morgan fingerprint density at radius 2 is 1.81 bits per heavy atom. The second kappa shape index (κ2) is 5.75. The Labute approximate surface area is 117 Å². The van der Waals surface area contributed by atoms with E-state index in [0.29, 0.717) is 13.0 Å². The predicted molar refractivity (Wildman–Crippen MR) is 66.1 cm³/mol. The minimum absolute atomic E-state index is 0.0541. The van der Waals surface area contributed by atoms with Crippen molar-refractivity contribution in [1.82, 2.24) is 5.32 Å². The summed E-state index contributed by atoms with van der Waals surface area (Å²) in [6.45, 7) is 0.125. The van der Waals surface area contributed by atoms with Crippen LogP contribution in [0.15, 0.2) is 24.3 Å². The summed E-state index contributed by atoms with van der Waals surface area (Å²) in [4.78, 5) is 0.995. The van der Waals surface area contributed by atoms with Crippen LogP contribution in [0.3, 0.4) is 0 Å². The number of nitrogens with zero attached hydrogens (tertiary/aromatic N) is 1. The maximum Gasteiger partial charge on any atom is 0.416 e. The zero-order chi connectivity index (χ0) is 15.7. The van der Waals surface area contributed by atoms with E-state index in [0.717, 1.165) is 23.1 Å². The third-order valence-electron chi connectivity index (χ3n) is 3.35. The molecule has 1 aliphatic rings. The Kier molecular flexibility index (Phi) is 4.36. The molecule has 1 unspecified atom stereocenters. The lowest BCUT2D eigenvalue weighted by atomic mass is 10.1. The van der Waals surface area contributed by atoms with Crippen LogP contribution in [-0.4, -0.2) is 31.9 Å². The highest BCUT2D eigenvalue weighted by Gasteiger charge is 2.44. The molecule has 0 aliphatic carbocycles. The van der Waals surface area contributed by atoms with E-state index < -0.39 is 24.0 Å². The van der Waals surface area contributed by atoms with Crippen LogP contribution in [0.2, 0.25) is 0 Å². The van der Waals surface area contributed by atoms with Crippen molar-refractivity contribution in [2.75, 3.05) is 24.5 Å². The molecule has 0 aromatic heterocycles. The zero-order valence-corrected chi connectivity index (χ0v) is 10.9. The first-order valence-corrected chi connectivity index (χ1v) is 6.41. The molecule has 1 saturated heterocycles. The second-order valence-corrected chi connectivity index (χ2v) is 4.86. The Morgan fingerprint density at radius 3 is 2.43 bits per heavy atom. The number of hydrogen-bond donors (Lipinski definition) is 1. The van der Waals surface area contributed by atoms with Crippen LogP contribution < -0.4 is 10.2 Å². The molecule has 21 heavy (non-hydrogen) atoms. The third-order valence-corrected chi connectivity index (χ3v) is 3.35. The summed E-state index contributed by atoms with van der Waals surface area (Å²) in [6.07, 6.45) is -8.65. The summed E-state index contributed by atoms with van der Waals surface area (Å²) in [5, 5.41) is 2.66. The molecule has 1 aliphatic heterocycles. The van der Waals surface area contributed by atoms with Crippen LogP contribution >= 0.6 is 0 Å². The maximum atomic E-state index is 13.1. The van der Waals surface area contributed by atoms with Crippen LogP contribution in [0.25, 0.3) is 0 Å². The quantitative estimate of drug-likeness (QED) is 0.799. The molecule has 2 nitrogen and oxygen atoms in total. The van der Waals surface area contributed by atoms with Gasteiger partial charge in [0, 0.05) is 18.8 Å². The Bertz CT molecular complexity index is 482. The molecule has 118 valence electrons. The standard InChI is InChI=1S/C13H14F6N2/c14-12(15,16)9-3-1-4-10(7-9)21-6-2-5-20-8-11(21)13(17,18)19/h1,3-4,7,11,20H,2,5-6,8H2. The number of hydrogen-bond acceptors (Lipinski definition) is 2. The average molecular weight is 312 g/mol. The van der Waals surface area contributed by atoms with Crippen LogP contribution in [0.5, 0.6) is 0 Å². The molecule has 0 radical (unpaired) electrons. The van der Waals surface area contributed by atoms with Crippen LogP contribution in [0.1, 0.15) is 12.0 Å². The molecule has 1 atom stereocenters. The van der Waals surface area contributed by atoms with E-state index in [-0.39, 0.29) is 18.8 Å². The fourth-order valence-corrected chi connectivity index (χ4v) is 2.34. The van der Waals surface area contributed by atoms with Gasteiger partial charge in [0.1, 0.15) is 6.04 Å². The van der Waals surface area contributed by atoms with Crippen LogP contribution in [0, 0.1) is 0 Å². The number of benzene rings is 1. The van der Waals surface area contributed by atoms with Crippen molar-refractivity contribution in [3.8, 4) is 0 Å². The fraction of sp³-hybridized carbons (Fsp3) is 0.538. The van der Waals surface area contributed by atoms with Gasteiger partial charge in [-0.05, 0) is 31.2 Å². The van der Waals surface area contributed by atoms with Gasteiger partial charge in [0.25, 0.3) is 0 Å². The number of anilines is 1. The van der Waals surface area contributed by atoms with Crippen molar-refractivity contribution in [3.63, 3.8) is 0 Å². The van der Waals surface area contributed by atoms with Crippen molar-refractivity contribution in [1.29, 1.82) is 0 Å². The highest BCUT2D eigenvalue weighted by Crippen LogP contribution is 2.34. The monoisotopic (exact) mass is 312 g/mol. The van der Waals surface area contributed by atoms with E-state index in [9.17, 15) is 26.3 Å². The van der Waals surface area contributed by atoms with E-state index in [4.69, 9.17) is 0 Å². The van der Waals surface area contributed by atoms with Crippen molar-refractivity contribution in [2.45, 2.75) is 24.8 Å². The third kappa shape index (κ3) is 3.81. The molecule has 0 bridgehead atoms. The molecule has 0 spiro atoms. The minimum Gasteiger partial charge on any atom is -0.359 e. The first kappa shape index (κ1) is 15.9. The van der Waals surface area contributed by atoms with Crippen LogP contribution in [-0.2, 0) is 6.18 Å². The van der Waals surface area contributed by atoms with E-state index in [1.54, 1.807) is 0 Å². The first-order valence-electron chi connectivity index (χ1n) is 6.41. The molecule has 1 heterocycles. The minimum atomic E-state index is -4.58. The van der Waals surface area contributed by atoms with Crippen molar-refractivity contribution in [3.05, 3.63) is 29.8 Å². The highest BCUT2D eigenvalue weighted by atomic mass is 19.4. The van der Waals surface area contributed by atoms with Crippen molar-refractivity contribution < 1.29 is 26.3 Å². The second-order valence-electron chi connectivity index (χ2n) is 4.86. The summed E-state index contributed by atoms with van der Waals surface area (Å²) in [5.74, 6) is 0.